The molecule has 1 amide bonds. The Kier molecular flexibility index (Phi) is 4.82. The summed E-state index contributed by atoms with van der Waals surface area (Å²) in [6.45, 7) is 1.36. The quantitative estimate of drug-likeness (QED) is 0.663. The van der Waals surface area contributed by atoms with Crippen molar-refractivity contribution in [2.45, 2.75) is 18.9 Å². The summed E-state index contributed by atoms with van der Waals surface area (Å²) < 4.78 is 4.69. The molecule has 0 spiro atoms. The van der Waals surface area contributed by atoms with Crippen LogP contribution in [0.15, 0.2) is 24.3 Å². The van der Waals surface area contributed by atoms with E-state index in [4.69, 9.17) is 14.9 Å². The van der Waals surface area contributed by atoms with Crippen molar-refractivity contribution >= 4 is 23.5 Å². The molecule has 0 saturated carbocycles. The number of ether oxygens (including phenoxy) is 1. The smallest absolute Gasteiger partial charge is 0.348 e. The van der Waals surface area contributed by atoms with Gasteiger partial charge in [-0.1, -0.05) is 12.1 Å². The number of methoxy groups -OCH3 is 1. The van der Waals surface area contributed by atoms with E-state index in [0.29, 0.717) is 11.3 Å². The highest BCUT2D eigenvalue weighted by Gasteiger charge is 2.47. The third-order valence-corrected chi connectivity index (χ3v) is 2.77. The Morgan fingerprint density at radius 1 is 1.15 bits per heavy atom. The molecule has 0 saturated heterocycles. The molecule has 0 aromatic heterocycles. The van der Waals surface area contributed by atoms with Crippen molar-refractivity contribution < 1.29 is 29.3 Å². The Morgan fingerprint density at radius 2 is 1.65 bits per heavy atom. The lowest BCUT2D eigenvalue weighted by atomic mass is 9.94. The van der Waals surface area contributed by atoms with Gasteiger partial charge in [0.2, 0.25) is 5.91 Å². The van der Waals surface area contributed by atoms with Gasteiger partial charge in [0, 0.05) is 26.1 Å². The summed E-state index contributed by atoms with van der Waals surface area (Å²) in [6.07, 6.45) is -0.325. The van der Waals surface area contributed by atoms with Crippen molar-refractivity contribution in [3.8, 4) is 0 Å². The normalized spacial score (nSPS) is 10.9. The van der Waals surface area contributed by atoms with E-state index in [9.17, 15) is 14.4 Å². The van der Waals surface area contributed by atoms with Crippen molar-refractivity contribution in [2.24, 2.45) is 0 Å². The molecule has 0 aliphatic rings. The standard InChI is InChI=1S/C13H15NO6/c1-8(15)14-10-5-3-9(4-6-10)7-13(20-2,11(16)17)12(18)19/h3-6H,7H2,1-2H3,(H,14,15)(H,16,17)(H,18,19). The highest BCUT2D eigenvalue weighted by atomic mass is 16.5. The third kappa shape index (κ3) is 3.33. The Balaban J connectivity index is 2.98. The van der Waals surface area contributed by atoms with Crippen LogP contribution < -0.4 is 5.32 Å². The second-order valence-electron chi connectivity index (χ2n) is 4.20. The van der Waals surface area contributed by atoms with Gasteiger partial charge in [-0.05, 0) is 17.7 Å². The number of hydrogen-bond acceptors (Lipinski definition) is 4. The van der Waals surface area contributed by atoms with Crippen molar-refractivity contribution in [2.75, 3.05) is 12.4 Å². The highest BCUT2D eigenvalue weighted by molar-refractivity contribution is 6.02. The minimum Gasteiger partial charge on any atom is -0.479 e. The molecule has 0 aliphatic heterocycles. The highest BCUT2D eigenvalue weighted by Crippen LogP contribution is 2.20. The number of aliphatic carboxylic acids is 2. The second kappa shape index (κ2) is 6.16. The Morgan fingerprint density at radius 3 is 2.00 bits per heavy atom. The van der Waals surface area contributed by atoms with Gasteiger partial charge >= 0.3 is 11.9 Å². The minimum atomic E-state index is -2.32. The van der Waals surface area contributed by atoms with Gasteiger partial charge in [0.1, 0.15) is 0 Å². The third-order valence-electron chi connectivity index (χ3n) is 2.77. The summed E-state index contributed by atoms with van der Waals surface area (Å²) in [4.78, 5) is 33.2. The first-order valence-corrected chi connectivity index (χ1v) is 5.70. The fourth-order valence-corrected chi connectivity index (χ4v) is 1.69. The van der Waals surface area contributed by atoms with E-state index >= 15 is 0 Å². The first-order valence-electron chi connectivity index (χ1n) is 5.70. The topological polar surface area (TPSA) is 113 Å². The van der Waals surface area contributed by atoms with Crippen molar-refractivity contribution in [1.82, 2.24) is 0 Å². The number of benzene rings is 1. The van der Waals surface area contributed by atoms with E-state index in [1.54, 1.807) is 12.1 Å². The van der Waals surface area contributed by atoms with Crippen LogP contribution in [0, 0.1) is 0 Å². The van der Waals surface area contributed by atoms with E-state index in [1.165, 1.54) is 19.1 Å². The van der Waals surface area contributed by atoms with Gasteiger partial charge in [0.15, 0.2) is 0 Å². The van der Waals surface area contributed by atoms with Gasteiger partial charge in [-0.15, -0.1) is 0 Å². The van der Waals surface area contributed by atoms with Crippen LogP contribution in [-0.2, 0) is 25.5 Å². The fourth-order valence-electron chi connectivity index (χ4n) is 1.69. The first-order chi connectivity index (χ1) is 9.31. The number of carbonyl (C=O) groups excluding carboxylic acids is 1. The number of carboxylic acid groups (broad SMARTS) is 2. The molecule has 0 aliphatic carbocycles. The van der Waals surface area contributed by atoms with Gasteiger partial charge in [0.25, 0.3) is 5.60 Å². The van der Waals surface area contributed by atoms with Gasteiger partial charge in [-0.3, -0.25) is 4.79 Å². The Hall–Kier alpha value is -2.41. The van der Waals surface area contributed by atoms with Crippen LogP contribution in [0.1, 0.15) is 12.5 Å². The van der Waals surface area contributed by atoms with Crippen LogP contribution in [0.4, 0.5) is 5.69 Å². The number of hydrogen-bond donors (Lipinski definition) is 3. The Bertz CT molecular complexity index is 508. The maximum absolute atomic E-state index is 11.1. The maximum Gasteiger partial charge on any atom is 0.348 e. The molecule has 0 unspecified atom stereocenters. The van der Waals surface area contributed by atoms with Crippen LogP contribution in [0.2, 0.25) is 0 Å². The summed E-state index contributed by atoms with van der Waals surface area (Å²) in [7, 11) is 1.04. The molecule has 0 atom stereocenters. The summed E-state index contributed by atoms with van der Waals surface area (Å²) in [5.41, 5.74) is -1.32. The van der Waals surface area contributed by atoms with Crippen molar-refractivity contribution in [3.63, 3.8) is 0 Å². The van der Waals surface area contributed by atoms with Crippen LogP contribution >= 0.6 is 0 Å². The van der Waals surface area contributed by atoms with Crippen LogP contribution in [0.3, 0.4) is 0 Å². The summed E-state index contributed by atoms with van der Waals surface area (Å²) in [6, 6.07) is 6.18. The van der Waals surface area contributed by atoms with Crippen molar-refractivity contribution in [3.05, 3.63) is 29.8 Å². The van der Waals surface area contributed by atoms with Crippen LogP contribution in [0.5, 0.6) is 0 Å². The lowest BCUT2D eigenvalue weighted by molar-refractivity contribution is -0.179. The molecule has 108 valence electrons. The average Bonchev–Trinajstić information content (AvgIpc) is 2.36. The molecule has 0 fully saturated rings. The summed E-state index contributed by atoms with van der Waals surface area (Å²) in [5, 5.41) is 20.7. The van der Waals surface area contributed by atoms with E-state index in [1.807, 2.05) is 0 Å². The zero-order valence-corrected chi connectivity index (χ0v) is 11.0. The first kappa shape index (κ1) is 15.6. The monoisotopic (exact) mass is 281 g/mol. The SMILES string of the molecule is COC(Cc1ccc(NC(C)=O)cc1)(C(=O)O)C(=O)O. The van der Waals surface area contributed by atoms with E-state index < -0.39 is 17.5 Å². The zero-order valence-electron chi connectivity index (χ0n) is 11.0. The van der Waals surface area contributed by atoms with E-state index in [-0.39, 0.29) is 12.3 Å². The largest absolute Gasteiger partial charge is 0.479 e. The number of amides is 1. The molecule has 7 heteroatoms. The van der Waals surface area contributed by atoms with Gasteiger partial charge < -0.3 is 20.3 Å². The number of rotatable bonds is 6. The second-order valence-corrected chi connectivity index (χ2v) is 4.20. The summed E-state index contributed by atoms with van der Waals surface area (Å²) >= 11 is 0. The fraction of sp³-hybridized carbons (Fsp3) is 0.308. The minimum absolute atomic E-state index is 0.236. The predicted octanol–water partition coefficient (Wildman–Crippen LogP) is 0.742. The molecule has 1 aromatic carbocycles. The molecular formula is C13H15NO6. The van der Waals surface area contributed by atoms with Gasteiger partial charge in [0.05, 0.1) is 0 Å². The number of anilines is 1. The van der Waals surface area contributed by atoms with E-state index in [0.717, 1.165) is 7.11 Å². The molecule has 1 rings (SSSR count). The van der Waals surface area contributed by atoms with Gasteiger partial charge in [-0.2, -0.15) is 0 Å². The lowest BCUT2D eigenvalue weighted by Gasteiger charge is -2.23. The predicted molar refractivity (Wildman–Crippen MR) is 69.5 cm³/mol. The molecule has 7 nitrogen and oxygen atoms in total. The average molecular weight is 281 g/mol. The summed E-state index contributed by atoms with van der Waals surface area (Å²) in [5.74, 6) is -3.38. The number of carboxylic acids is 2. The zero-order chi connectivity index (χ0) is 15.3. The Labute approximate surface area is 115 Å². The molecular weight excluding hydrogens is 266 g/mol. The van der Waals surface area contributed by atoms with E-state index in [2.05, 4.69) is 5.32 Å². The number of nitrogens with one attached hydrogen (secondary N) is 1. The van der Waals surface area contributed by atoms with Crippen LogP contribution in [-0.4, -0.2) is 40.8 Å². The molecule has 0 radical (unpaired) electrons. The molecule has 1 aromatic rings. The molecule has 0 heterocycles. The van der Waals surface area contributed by atoms with Crippen molar-refractivity contribution in [1.29, 1.82) is 0 Å². The van der Waals surface area contributed by atoms with Gasteiger partial charge in [-0.25, -0.2) is 9.59 Å². The van der Waals surface area contributed by atoms with Crippen LogP contribution in [0.25, 0.3) is 0 Å². The molecule has 0 bridgehead atoms. The maximum atomic E-state index is 11.1. The molecule has 20 heavy (non-hydrogen) atoms. The molecule has 3 N–H and O–H groups in total. The number of carbonyl (C=O) groups is 3. The lowest BCUT2D eigenvalue weighted by Crippen LogP contribution is -2.50.